The van der Waals surface area contributed by atoms with E-state index in [-0.39, 0.29) is 5.15 Å². The van der Waals surface area contributed by atoms with E-state index in [0.717, 1.165) is 22.0 Å². The summed E-state index contributed by atoms with van der Waals surface area (Å²) >= 11 is 6.37. The standard InChI is InChI=1S/C19H14ClN3O2/c1-11-6-5-9-16(12(11)2)23-18(22-25-19(23)24)14-10-13-7-3-4-8-15(13)21-17(14)20/h3-10H,1-2H3. The Bertz CT molecular complexity index is 1160. The fraction of sp³-hybridized carbons (Fsp3) is 0.105. The fourth-order valence-electron chi connectivity index (χ4n) is 2.86. The van der Waals surface area contributed by atoms with Gasteiger partial charge in [-0.1, -0.05) is 47.1 Å². The van der Waals surface area contributed by atoms with Crippen molar-refractivity contribution in [2.45, 2.75) is 13.8 Å². The van der Waals surface area contributed by atoms with Crippen LogP contribution in [-0.4, -0.2) is 14.7 Å². The van der Waals surface area contributed by atoms with Crippen LogP contribution < -0.4 is 5.76 Å². The van der Waals surface area contributed by atoms with Crippen LogP contribution >= 0.6 is 11.6 Å². The highest BCUT2D eigenvalue weighted by molar-refractivity contribution is 6.32. The van der Waals surface area contributed by atoms with E-state index in [9.17, 15) is 4.79 Å². The molecule has 6 heteroatoms. The molecule has 2 heterocycles. The molecule has 25 heavy (non-hydrogen) atoms. The highest BCUT2D eigenvalue weighted by Gasteiger charge is 2.20. The van der Waals surface area contributed by atoms with Crippen molar-refractivity contribution < 1.29 is 4.52 Å². The molecule has 5 nitrogen and oxygen atoms in total. The maximum atomic E-state index is 12.3. The summed E-state index contributed by atoms with van der Waals surface area (Å²) < 4.78 is 6.37. The molecule has 0 aliphatic heterocycles. The number of aryl methyl sites for hydroxylation is 1. The van der Waals surface area contributed by atoms with E-state index in [0.29, 0.717) is 17.1 Å². The van der Waals surface area contributed by atoms with Gasteiger partial charge in [0.05, 0.1) is 16.8 Å². The summed E-state index contributed by atoms with van der Waals surface area (Å²) in [6, 6.07) is 15.2. The van der Waals surface area contributed by atoms with Crippen molar-refractivity contribution in [2.75, 3.05) is 0 Å². The summed E-state index contributed by atoms with van der Waals surface area (Å²) in [7, 11) is 0. The zero-order valence-corrected chi connectivity index (χ0v) is 14.4. The van der Waals surface area contributed by atoms with Crippen LogP contribution in [0.25, 0.3) is 28.0 Å². The Morgan fingerprint density at radius 2 is 1.88 bits per heavy atom. The van der Waals surface area contributed by atoms with Gasteiger partial charge in [0.2, 0.25) is 0 Å². The quantitative estimate of drug-likeness (QED) is 0.505. The van der Waals surface area contributed by atoms with Crippen molar-refractivity contribution in [2.24, 2.45) is 0 Å². The third-order valence-electron chi connectivity index (χ3n) is 4.34. The van der Waals surface area contributed by atoms with Crippen LogP contribution in [0.15, 0.2) is 57.8 Å². The summed E-state index contributed by atoms with van der Waals surface area (Å²) in [5.74, 6) is -0.227. The Balaban J connectivity index is 2.01. The van der Waals surface area contributed by atoms with Gasteiger partial charge in [0.15, 0.2) is 5.82 Å². The SMILES string of the molecule is Cc1cccc(-n2c(-c3cc4ccccc4nc3Cl)noc2=O)c1C. The summed E-state index contributed by atoms with van der Waals surface area (Å²) in [6.45, 7) is 3.94. The predicted octanol–water partition coefficient (Wildman–Crippen LogP) is 4.31. The number of fused-ring (bicyclic) bond motifs is 1. The minimum atomic E-state index is -0.562. The molecule has 124 valence electrons. The van der Waals surface area contributed by atoms with Gasteiger partial charge in [0.25, 0.3) is 0 Å². The summed E-state index contributed by atoms with van der Waals surface area (Å²) in [4.78, 5) is 16.7. The molecule has 2 aromatic carbocycles. The van der Waals surface area contributed by atoms with Crippen LogP contribution in [0.5, 0.6) is 0 Å². The molecule has 0 saturated carbocycles. The van der Waals surface area contributed by atoms with Gasteiger partial charge >= 0.3 is 5.76 Å². The van der Waals surface area contributed by atoms with E-state index >= 15 is 0 Å². The first-order chi connectivity index (χ1) is 12.1. The predicted molar refractivity (Wildman–Crippen MR) is 97.3 cm³/mol. The van der Waals surface area contributed by atoms with Gasteiger partial charge in [0.1, 0.15) is 5.15 Å². The number of hydrogen-bond donors (Lipinski definition) is 0. The molecule has 4 aromatic rings. The fourth-order valence-corrected chi connectivity index (χ4v) is 3.09. The summed E-state index contributed by atoms with van der Waals surface area (Å²) in [6.07, 6.45) is 0. The van der Waals surface area contributed by atoms with Crippen molar-refractivity contribution in [1.82, 2.24) is 14.7 Å². The lowest BCUT2D eigenvalue weighted by Crippen LogP contribution is -2.15. The van der Waals surface area contributed by atoms with Crippen LogP contribution in [-0.2, 0) is 0 Å². The second-order valence-corrected chi connectivity index (χ2v) is 6.20. The number of para-hydroxylation sites is 1. The molecule has 0 N–H and O–H groups in total. The van der Waals surface area contributed by atoms with E-state index in [1.165, 1.54) is 4.57 Å². The first-order valence-electron chi connectivity index (χ1n) is 7.77. The lowest BCUT2D eigenvalue weighted by atomic mass is 10.1. The van der Waals surface area contributed by atoms with E-state index in [1.54, 1.807) is 0 Å². The molecule has 0 fully saturated rings. The highest BCUT2D eigenvalue weighted by Crippen LogP contribution is 2.30. The van der Waals surface area contributed by atoms with Crippen LogP contribution in [0.3, 0.4) is 0 Å². The number of nitrogens with zero attached hydrogens (tertiary/aromatic N) is 3. The molecular formula is C19H14ClN3O2. The van der Waals surface area contributed by atoms with Crippen LogP contribution in [0, 0.1) is 13.8 Å². The molecule has 0 amide bonds. The topological polar surface area (TPSA) is 60.9 Å². The number of aromatic nitrogens is 3. The highest BCUT2D eigenvalue weighted by atomic mass is 35.5. The third-order valence-corrected chi connectivity index (χ3v) is 4.63. The van der Waals surface area contributed by atoms with Crippen molar-refractivity contribution in [3.8, 4) is 17.1 Å². The summed E-state index contributed by atoms with van der Waals surface area (Å²) in [5.41, 5.74) is 4.08. The Labute approximate surface area is 148 Å². The van der Waals surface area contributed by atoms with Crippen molar-refractivity contribution in [3.05, 3.63) is 75.4 Å². The smallest absolute Gasteiger partial charge is 0.295 e. The second kappa shape index (κ2) is 5.86. The van der Waals surface area contributed by atoms with Gasteiger partial charge in [-0.05, 0) is 43.2 Å². The number of benzene rings is 2. The zero-order chi connectivity index (χ0) is 17.6. The lowest BCUT2D eigenvalue weighted by molar-refractivity contribution is 0.383. The molecule has 0 bridgehead atoms. The molecule has 0 saturated heterocycles. The van der Waals surface area contributed by atoms with Crippen molar-refractivity contribution >= 4 is 22.5 Å². The maximum Gasteiger partial charge on any atom is 0.446 e. The maximum absolute atomic E-state index is 12.3. The Morgan fingerprint density at radius 1 is 1.08 bits per heavy atom. The number of halogens is 1. The molecule has 2 aromatic heterocycles. The number of pyridine rings is 1. The molecule has 0 unspecified atom stereocenters. The lowest BCUT2D eigenvalue weighted by Gasteiger charge is -2.11. The number of hydrogen-bond acceptors (Lipinski definition) is 4. The first-order valence-corrected chi connectivity index (χ1v) is 8.15. The minimum Gasteiger partial charge on any atom is -0.295 e. The summed E-state index contributed by atoms with van der Waals surface area (Å²) in [5, 5.41) is 5.13. The molecule has 4 rings (SSSR count). The van der Waals surface area contributed by atoms with Crippen molar-refractivity contribution in [3.63, 3.8) is 0 Å². The first kappa shape index (κ1) is 15.6. The van der Waals surface area contributed by atoms with Crippen LogP contribution in [0.2, 0.25) is 5.15 Å². The molecular weight excluding hydrogens is 338 g/mol. The number of rotatable bonds is 2. The van der Waals surface area contributed by atoms with Crippen molar-refractivity contribution in [1.29, 1.82) is 0 Å². The van der Waals surface area contributed by atoms with Gasteiger partial charge < -0.3 is 0 Å². The molecule has 0 radical (unpaired) electrons. The van der Waals surface area contributed by atoms with E-state index < -0.39 is 5.76 Å². The van der Waals surface area contributed by atoms with E-state index in [1.807, 2.05) is 62.4 Å². The van der Waals surface area contributed by atoms with Gasteiger partial charge in [-0.3, -0.25) is 4.52 Å². The molecule has 0 aliphatic carbocycles. The van der Waals surface area contributed by atoms with Crippen LogP contribution in [0.1, 0.15) is 11.1 Å². The second-order valence-electron chi connectivity index (χ2n) is 5.85. The van der Waals surface area contributed by atoms with Crippen LogP contribution in [0.4, 0.5) is 0 Å². The minimum absolute atomic E-state index is 0.269. The zero-order valence-electron chi connectivity index (χ0n) is 13.7. The largest absolute Gasteiger partial charge is 0.446 e. The van der Waals surface area contributed by atoms with Gasteiger partial charge in [0, 0.05) is 5.39 Å². The van der Waals surface area contributed by atoms with E-state index in [4.69, 9.17) is 16.1 Å². The monoisotopic (exact) mass is 351 g/mol. The Hall–Kier alpha value is -2.92. The van der Waals surface area contributed by atoms with Gasteiger partial charge in [-0.2, -0.15) is 0 Å². The Morgan fingerprint density at radius 3 is 2.72 bits per heavy atom. The average Bonchev–Trinajstić information content (AvgIpc) is 2.98. The molecule has 0 aliphatic rings. The molecule has 0 spiro atoms. The van der Waals surface area contributed by atoms with Gasteiger partial charge in [-0.15, -0.1) is 0 Å². The molecule has 0 atom stereocenters. The average molecular weight is 352 g/mol. The van der Waals surface area contributed by atoms with Gasteiger partial charge in [-0.25, -0.2) is 14.3 Å². The third kappa shape index (κ3) is 2.53. The Kier molecular flexibility index (Phi) is 3.66. The van der Waals surface area contributed by atoms with E-state index in [2.05, 4.69) is 10.1 Å². The normalized spacial score (nSPS) is 11.2.